The Kier molecular flexibility index (Phi) is 6.38. The van der Waals surface area contributed by atoms with Gasteiger partial charge in [0.2, 0.25) is 0 Å². The highest BCUT2D eigenvalue weighted by atomic mass is 16.5. The van der Waals surface area contributed by atoms with Gasteiger partial charge in [0.05, 0.1) is 44.0 Å². The Morgan fingerprint density at radius 3 is 2.19 bits per heavy atom. The minimum absolute atomic E-state index is 0.0128. The number of aliphatic hydroxyl groups excluding tert-OH is 1. The molecule has 2 aromatic rings. The molecule has 3 rings (SSSR count). The van der Waals surface area contributed by atoms with Crippen LogP contribution < -0.4 is 10.6 Å². The van der Waals surface area contributed by atoms with Crippen molar-refractivity contribution in [3.63, 3.8) is 0 Å². The maximum Gasteiger partial charge on any atom is 0.355 e. The van der Waals surface area contributed by atoms with Gasteiger partial charge in [-0.05, 0) is 23.3 Å². The number of allylic oxidation sites excluding steroid dienone is 1. The number of hydrogen-bond acceptors (Lipinski definition) is 8. The van der Waals surface area contributed by atoms with Crippen LogP contribution >= 0.6 is 0 Å². The van der Waals surface area contributed by atoms with Crippen LogP contribution in [0.5, 0.6) is 0 Å². The van der Waals surface area contributed by atoms with Gasteiger partial charge in [-0.25, -0.2) is 9.59 Å². The number of nitriles is 1. The monoisotopic (exact) mass is 419 g/mol. The Bertz CT molecular complexity index is 1100. The molecule has 1 atom stereocenters. The summed E-state index contributed by atoms with van der Waals surface area (Å²) in [5, 5.41) is 19.3. The molecule has 2 aromatic carbocycles. The highest BCUT2D eigenvalue weighted by molar-refractivity contribution is 6.06. The van der Waals surface area contributed by atoms with Crippen LogP contribution in [0.25, 0.3) is 0 Å². The first-order chi connectivity index (χ1) is 15.0. The molecule has 3 N–H and O–H groups in total. The number of hydrogen-bond donors (Lipinski definition) is 2. The highest BCUT2D eigenvalue weighted by Crippen LogP contribution is 2.43. The van der Waals surface area contributed by atoms with Crippen molar-refractivity contribution in [3.8, 4) is 6.07 Å². The fraction of sp³-hybridized carbons (Fsp3) is 0.174. The zero-order chi connectivity index (χ0) is 22.5. The summed E-state index contributed by atoms with van der Waals surface area (Å²) in [5.41, 5.74) is 7.93. The third kappa shape index (κ3) is 3.86. The number of ether oxygens (including phenoxy) is 2. The SMILES string of the molecule is COC(=O)C1=C(C(=O)OC)N(c2ccc(CO)cc2)C(N)=C(C#N)C1c1ccccc1. The average molecular weight is 419 g/mol. The molecule has 8 nitrogen and oxygen atoms in total. The van der Waals surface area contributed by atoms with Crippen LogP contribution in [0.2, 0.25) is 0 Å². The first-order valence-electron chi connectivity index (χ1n) is 9.33. The van der Waals surface area contributed by atoms with E-state index in [2.05, 4.69) is 6.07 Å². The Labute approximate surface area is 179 Å². The summed E-state index contributed by atoms with van der Waals surface area (Å²) in [6.45, 7) is -0.168. The molecular weight excluding hydrogens is 398 g/mol. The predicted octanol–water partition coefficient (Wildman–Crippen LogP) is 2.08. The van der Waals surface area contributed by atoms with E-state index in [9.17, 15) is 20.0 Å². The van der Waals surface area contributed by atoms with Gasteiger partial charge < -0.3 is 20.3 Å². The lowest BCUT2D eigenvalue weighted by atomic mass is 9.81. The van der Waals surface area contributed by atoms with E-state index in [-0.39, 0.29) is 29.3 Å². The lowest BCUT2D eigenvalue weighted by Crippen LogP contribution is -2.40. The summed E-state index contributed by atoms with van der Waals surface area (Å²) < 4.78 is 9.94. The molecular formula is C23H21N3O5. The number of nitrogens with zero attached hydrogens (tertiary/aromatic N) is 2. The van der Waals surface area contributed by atoms with Crippen LogP contribution in [-0.2, 0) is 25.7 Å². The van der Waals surface area contributed by atoms with Crippen molar-refractivity contribution in [1.82, 2.24) is 0 Å². The number of nitrogens with two attached hydrogens (primary N) is 1. The van der Waals surface area contributed by atoms with Gasteiger partial charge in [0.15, 0.2) is 0 Å². The van der Waals surface area contributed by atoms with E-state index in [1.807, 2.05) is 0 Å². The maximum atomic E-state index is 12.9. The Hall–Kier alpha value is -4.09. The number of benzene rings is 2. The van der Waals surface area contributed by atoms with Gasteiger partial charge >= 0.3 is 11.9 Å². The van der Waals surface area contributed by atoms with Gasteiger partial charge in [0.25, 0.3) is 0 Å². The van der Waals surface area contributed by atoms with Gasteiger partial charge in [0.1, 0.15) is 11.5 Å². The lowest BCUT2D eigenvalue weighted by Gasteiger charge is -2.35. The van der Waals surface area contributed by atoms with E-state index in [1.54, 1.807) is 54.6 Å². The second-order valence-corrected chi connectivity index (χ2v) is 6.66. The minimum Gasteiger partial charge on any atom is -0.466 e. The number of aliphatic hydroxyl groups is 1. The number of carbonyl (C=O) groups is 2. The summed E-state index contributed by atoms with van der Waals surface area (Å²) in [7, 11) is 2.38. The van der Waals surface area contributed by atoms with Gasteiger partial charge in [-0.3, -0.25) is 4.90 Å². The van der Waals surface area contributed by atoms with Crippen LogP contribution in [0.3, 0.4) is 0 Å². The van der Waals surface area contributed by atoms with Crippen molar-refractivity contribution in [2.24, 2.45) is 5.73 Å². The van der Waals surface area contributed by atoms with Crippen molar-refractivity contribution in [1.29, 1.82) is 5.26 Å². The van der Waals surface area contributed by atoms with Crippen LogP contribution in [0, 0.1) is 11.3 Å². The molecule has 8 heteroatoms. The van der Waals surface area contributed by atoms with Crippen molar-refractivity contribution >= 4 is 17.6 Å². The fourth-order valence-electron chi connectivity index (χ4n) is 3.53. The van der Waals surface area contributed by atoms with Gasteiger partial charge in [-0.15, -0.1) is 0 Å². The molecule has 0 spiro atoms. The predicted molar refractivity (Wildman–Crippen MR) is 112 cm³/mol. The zero-order valence-electron chi connectivity index (χ0n) is 17.0. The maximum absolute atomic E-state index is 12.9. The van der Waals surface area contributed by atoms with Crippen molar-refractivity contribution < 1.29 is 24.2 Å². The topological polar surface area (TPSA) is 126 Å². The first kappa shape index (κ1) is 21.6. The lowest BCUT2D eigenvalue weighted by molar-refractivity contribution is -0.139. The molecule has 0 amide bonds. The normalized spacial score (nSPS) is 16.1. The van der Waals surface area contributed by atoms with Crippen LogP contribution in [0.1, 0.15) is 17.0 Å². The van der Waals surface area contributed by atoms with E-state index in [1.165, 1.54) is 19.1 Å². The van der Waals surface area contributed by atoms with E-state index < -0.39 is 17.9 Å². The summed E-state index contributed by atoms with van der Waals surface area (Å²) in [6, 6.07) is 17.4. The molecule has 1 heterocycles. The average Bonchev–Trinajstić information content (AvgIpc) is 2.82. The minimum atomic E-state index is -0.916. The molecule has 0 radical (unpaired) electrons. The van der Waals surface area contributed by atoms with E-state index in [0.29, 0.717) is 16.8 Å². The molecule has 0 saturated heterocycles. The number of rotatable bonds is 5. The number of methoxy groups -OCH3 is 2. The highest BCUT2D eigenvalue weighted by Gasteiger charge is 2.42. The van der Waals surface area contributed by atoms with Crippen LogP contribution in [0.4, 0.5) is 5.69 Å². The third-order valence-corrected chi connectivity index (χ3v) is 4.99. The van der Waals surface area contributed by atoms with E-state index in [4.69, 9.17) is 15.2 Å². The summed E-state index contributed by atoms with van der Waals surface area (Å²) in [6.07, 6.45) is 0. The van der Waals surface area contributed by atoms with E-state index in [0.717, 1.165) is 0 Å². The van der Waals surface area contributed by atoms with Gasteiger partial charge in [0, 0.05) is 5.69 Å². The molecule has 1 unspecified atom stereocenters. The largest absolute Gasteiger partial charge is 0.466 e. The Morgan fingerprint density at radius 1 is 1.06 bits per heavy atom. The van der Waals surface area contributed by atoms with Crippen molar-refractivity contribution in [2.75, 3.05) is 19.1 Å². The Balaban J connectivity index is 2.37. The first-order valence-corrected chi connectivity index (χ1v) is 9.33. The third-order valence-electron chi connectivity index (χ3n) is 4.99. The molecule has 0 bridgehead atoms. The van der Waals surface area contributed by atoms with Crippen molar-refractivity contribution in [2.45, 2.75) is 12.5 Å². The molecule has 1 aliphatic heterocycles. The molecule has 0 aliphatic carbocycles. The van der Waals surface area contributed by atoms with E-state index >= 15 is 0 Å². The number of esters is 2. The number of anilines is 1. The van der Waals surface area contributed by atoms with Crippen LogP contribution in [-0.4, -0.2) is 31.3 Å². The molecule has 158 valence electrons. The standard InChI is InChI=1S/C23H21N3O5/c1-30-22(28)19-18(15-6-4-3-5-7-15)17(12-24)21(25)26(20(19)23(29)31-2)16-10-8-14(13-27)9-11-16/h3-11,18,27H,13,25H2,1-2H3. The quantitative estimate of drug-likeness (QED) is 0.706. The van der Waals surface area contributed by atoms with Gasteiger partial charge in [-0.2, -0.15) is 5.26 Å². The molecule has 0 saturated carbocycles. The second kappa shape index (κ2) is 9.15. The molecule has 0 aromatic heterocycles. The molecule has 31 heavy (non-hydrogen) atoms. The molecule has 0 fully saturated rings. The zero-order valence-corrected chi connectivity index (χ0v) is 17.0. The van der Waals surface area contributed by atoms with Crippen LogP contribution in [0.15, 0.2) is 77.3 Å². The fourth-order valence-corrected chi connectivity index (χ4v) is 3.53. The summed E-state index contributed by atoms with van der Waals surface area (Å²) in [5.74, 6) is -2.53. The smallest absolute Gasteiger partial charge is 0.355 e. The second-order valence-electron chi connectivity index (χ2n) is 6.66. The van der Waals surface area contributed by atoms with Crippen molar-refractivity contribution in [3.05, 3.63) is 88.4 Å². The number of carbonyl (C=O) groups excluding carboxylic acids is 2. The summed E-state index contributed by atoms with van der Waals surface area (Å²) >= 11 is 0. The van der Waals surface area contributed by atoms with Gasteiger partial charge in [-0.1, -0.05) is 42.5 Å². The molecule has 1 aliphatic rings. The summed E-state index contributed by atoms with van der Waals surface area (Å²) in [4.78, 5) is 27.1. The Morgan fingerprint density at radius 2 is 1.68 bits per heavy atom.